The van der Waals surface area contributed by atoms with E-state index in [1.807, 2.05) is 19.2 Å². The Morgan fingerprint density at radius 2 is 1.87 bits per heavy atom. The Kier molecular flexibility index (Phi) is 5.61. The van der Waals surface area contributed by atoms with Gasteiger partial charge < -0.3 is 5.32 Å². The van der Waals surface area contributed by atoms with Gasteiger partial charge in [-0.05, 0) is 74.0 Å². The zero-order chi connectivity index (χ0) is 21.4. The smallest absolute Gasteiger partial charge is 0.153 e. The lowest BCUT2D eigenvalue weighted by molar-refractivity contribution is 0.112. The highest BCUT2D eigenvalue weighted by Crippen LogP contribution is 2.54. The first-order valence-electron chi connectivity index (χ1n) is 11.6. The highest BCUT2D eigenvalue weighted by Gasteiger charge is 2.50. The average molecular weight is 436 g/mol. The van der Waals surface area contributed by atoms with Gasteiger partial charge in [-0.25, -0.2) is 0 Å². The first-order valence-corrected chi connectivity index (χ1v) is 11.9. The third-order valence-electron chi connectivity index (χ3n) is 7.54. The number of carbonyl (C=O) groups excluding carboxylic acids is 1. The van der Waals surface area contributed by atoms with Crippen LogP contribution in [0.25, 0.3) is 0 Å². The monoisotopic (exact) mass is 435 g/mol. The second-order valence-corrected chi connectivity index (χ2v) is 9.52. The van der Waals surface area contributed by atoms with Crippen LogP contribution in [0, 0.1) is 0 Å². The van der Waals surface area contributed by atoms with Crippen molar-refractivity contribution >= 4 is 35.1 Å². The number of halogens is 1. The maximum Gasteiger partial charge on any atom is 0.153 e. The molecule has 2 aromatic carbocycles. The number of nitrogens with zero attached hydrogens (tertiary/aromatic N) is 2. The van der Waals surface area contributed by atoms with Gasteiger partial charge >= 0.3 is 0 Å². The molecule has 3 aliphatic rings. The van der Waals surface area contributed by atoms with E-state index in [1.54, 1.807) is 6.07 Å². The van der Waals surface area contributed by atoms with E-state index in [1.165, 1.54) is 43.2 Å². The van der Waals surface area contributed by atoms with Crippen molar-refractivity contribution < 1.29 is 4.79 Å². The zero-order valence-corrected chi connectivity index (χ0v) is 18.9. The number of rotatable bonds is 3. The maximum absolute atomic E-state index is 12.0. The summed E-state index contributed by atoms with van der Waals surface area (Å²) >= 11 is 6.43. The van der Waals surface area contributed by atoms with Crippen LogP contribution in [-0.4, -0.2) is 32.3 Å². The Balaban J connectivity index is 1.70. The Morgan fingerprint density at radius 1 is 1.10 bits per heavy atom. The second-order valence-electron chi connectivity index (χ2n) is 9.12. The molecular weight excluding hydrogens is 406 g/mol. The van der Waals surface area contributed by atoms with Crippen molar-refractivity contribution in [2.24, 2.45) is 4.99 Å². The number of hydrogen-bond donors (Lipinski definition) is 1. The molecule has 1 saturated carbocycles. The molecule has 0 bridgehead atoms. The minimum absolute atomic E-state index is 0.0757. The van der Waals surface area contributed by atoms with Crippen LogP contribution >= 0.6 is 11.6 Å². The molecular formula is C26H30ClN3O. The summed E-state index contributed by atoms with van der Waals surface area (Å²) in [5, 5.41) is 3.97. The largest absolute Gasteiger partial charge is 0.317 e. The molecule has 0 atom stereocenters. The van der Waals surface area contributed by atoms with Crippen LogP contribution in [0.3, 0.4) is 0 Å². The highest BCUT2D eigenvalue weighted by molar-refractivity contribution is 6.34. The minimum Gasteiger partial charge on any atom is -0.317 e. The van der Waals surface area contributed by atoms with E-state index >= 15 is 0 Å². The van der Waals surface area contributed by atoms with E-state index in [0.717, 1.165) is 49.4 Å². The molecule has 0 unspecified atom stereocenters. The van der Waals surface area contributed by atoms with Crippen molar-refractivity contribution in [3.8, 4) is 0 Å². The van der Waals surface area contributed by atoms with Crippen molar-refractivity contribution in [3.05, 3.63) is 58.1 Å². The van der Waals surface area contributed by atoms with Crippen molar-refractivity contribution in [2.75, 3.05) is 25.0 Å². The number of anilines is 2. The van der Waals surface area contributed by atoms with Gasteiger partial charge in [-0.1, -0.05) is 49.1 Å². The molecule has 1 aliphatic carbocycles. The Morgan fingerprint density at radius 3 is 2.58 bits per heavy atom. The van der Waals surface area contributed by atoms with Crippen LogP contribution < -0.4 is 10.2 Å². The van der Waals surface area contributed by atoms with Crippen molar-refractivity contribution in [1.29, 1.82) is 0 Å². The molecule has 162 valence electrons. The van der Waals surface area contributed by atoms with Gasteiger partial charge in [0.2, 0.25) is 0 Å². The number of amidine groups is 1. The first kappa shape index (κ1) is 20.7. The number of fused-ring (bicyclic) bond motifs is 2. The first-order chi connectivity index (χ1) is 15.2. The number of piperidine rings is 1. The van der Waals surface area contributed by atoms with Gasteiger partial charge in [-0.15, -0.1) is 0 Å². The van der Waals surface area contributed by atoms with Gasteiger partial charge in [0.05, 0.1) is 27.4 Å². The third kappa shape index (κ3) is 3.32. The van der Waals surface area contributed by atoms with Crippen LogP contribution in [0.4, 0.5) is 11.4 Å². The third-order valence-corrected chi connectivity index (χ3v) is 7.86. The zero-order valence-electron chi connectivity index (χ0n) is 18.2. The van der Waals surface area contributed by atoms with Crippen molar-refractivity contribution in [3.63, 3.8) is 0 Å². The van der Waals surface area contributed by atoms with E-state index in [0.29, 0.717) is 16.5 Å². The van der Waals surface area contributed by atoms with Crippen LogP contribution in [-0.2, 0) is 5.41 Å². The molecule has 2 aliphatic heterocycles. The molecule has 0 radical (unpaired) electrons. The summed E-state index contributed by atoms with van der Waals surface area (Å²) in [6, 6.07) is 12.7. The lowest BCUT2D eigenvalue weighted by atomic mass is 9.69. The Labute approximate surface area is 189 Å². The summed E-state index contributed by atoms with van der Waals surface area (Å²) in [6.45, 7) is 2.18. The Bertz CT molecular complexity index is 1020. The topological polar surface area (TPSA) is 44.7 Å². The number of aliphatic imine (C=N–C) groups is 1. The fourth-order valence-corrected chi connectivity index (χ4v) is 6.25. The highest BCUT2D eigenvalue weighted by atomic mass is 35.5. The molecule has 0 aromatic heterocycles. The molecule has 0 amide bonds. The molecule has 2 aromatic rings. The van der Waals surface area contributed by atoms with Crippen LogP contribution in [0.15, 0.2) is 41.4 Å². The minimum atomic E-state index is -0.0757. The van der Waals surface area contributed by atoms with Crippen molar-refractivity contribution in [1.82, 2.24) is 5.32 Å². The second kappa shape index (κ2) is 8.40. The summed E-state index contributed by atoms with van der Waals surface area (Å²) in [5.74, 6) is 1.68. The number of hydrogen-bond acceptors (Lipinski definition) is 3. The molecule has 5 heteroatoms. The lowest BCUT2D eigenvalue weighted by Gasteiger charge is -2.36. The SMILES string of the molecule is CN=C1N(c2cccc(Cl)c2C=O)c2ccc(C3CCNCC3)cc2C12CCCCC2. The summed E-state index contributed by atoms with van der Waals surface area (Å²) < 4.78 is 0. The van der Waals surface area contributed by atoms with Gasteiger partial charge in [0.1, 0.15) is 5.84 Å². The van der Waals surface area contributed by atoms with Gasteiger partial charge in [0.25, 0.3) is 0 Å². The summed E-state index contributed by atoms with van der Waals surface area (Å²) in [5.41, 5.74) is 5.29. The van der Waals surface area contributed by atoms with Crippen LogP contribution in [0.1, 0.15) is 72.3 Å². The van der Waals surface area contributed by atoms with Crippen LogP contribution in [0.2, 0.25) is 5.02 Å². The number of nitrogens with one attached hydrogen (secondary N) is 1. The molecule has 31 heavy (non-hydrogen) atoms. The molecule has 4 nitrogen and oxygen atoms in total. The number of benzene rings is 2. The average Bonchev–Trinajstić information content (AvgIpc) is 3.08. The van der Waals surface area contributed by atoms with E-state index in [-0.39, 0.29) is 5.41 Å². The predicted octanol–water partition coefficient (Wildman–Crippen LogP) is 6.00. The summed E-state index contributed by atoms with van der Waals surface area (Å²) in [6.07, 6.45) is 9.16. The van der Waals surface area contributed by atoms with Gasteiger partial charge in [0, 0.05) is 7.05 Å². The van der Waals surface area contributed by atoms with E-state index in [4.69, 9.17) is 16.6 Å². The quantitative estimate of drug-likeness (QED) is 0.601. The summed E-state index contributed by atoms with van der Waals surface area (Å²) in [4.78, 5) is 19.1. The number of aldehydes is 1. The van der Waals surface area contributed by atoms with E-state index in [9.17, 15) is 4.79 Å². The normalized spacial score (nSPS) is 22.1. The summed E-state index contributed by atoms with van der Waals surface area (Å²) in [7, 11) is 1.89. The van der Waals surface area contributed by atoms with Gasteiger partial charge in [-0.3, -0.25) is 14.7 Å². The molecule has 2 heterocycles. The van der Waals surface area contributed by atoms with E-state index in [2.05, 4.69) is 28.4 Å². The molecule has 1 saturated heterocycles. The molecule has 5 rings (SSSR count). The van der Waals surface area contributed by atoms with Crippen molar-refractivity contribution in [2.45, 2.75) is 56.3 Å². The Hall–Kier alpha value is -2.17. The molecule has 1 N–H and O–H groups in total. The molecule has 1 spiro atoms. The lowest BCUT2D eigenvalue weighted by Crippen LogP contribution is -2.40. The van der Waals surface area contributed by atoms with Gasteiger partial charge in [0.15, 0.2) is 6.29 Å². The van der Waals surface area contributed by atoms with Crippen LogP contribution in [0.5, 0.6) is 0 Å². The molecule has 2 fully saturated rings. The van der Waals surface area contributed by atoms with Gasteiger partial charge in [-0.2, -0.15) is 0 Å². The predicted molar refractivity (Wildman–Crippen MR) is 128 cm³/mol. The fourth-order valence-electron chi connectivity index (χ4n) is 6.03. The maximum atomic E-state index is 12.0. The number of carbonyl (C=O) groups is 1. The van der Waals surface area contributed by atoms with E-state index < -0.39 is 0 Å². The fraction of sp³-hybridized carbons (Fsp3) is 0.462. The standard InChI is InChI=1S/C26H30ClN3O/c1-28-25-26(12-3-2-4-13-26)21-16-19(18-10-14-29-15-11-18)8-9-24(21)30(25)23-7-5-6-22(27)20(23)17-31/h5-9,16-18,29H,2-4,10-15H2,1H3.